The van der Waals surface area contributed by atoms with Crippen LogP contribution in [0.3, 0.4) is 0 Å². The average Bonchev–Trinajstić information content (AvgIpc) is 2.67. The van der Waals surface area contributed by atoms with E-state index >= 15 is 0 Å². The van der Waals surface area contributed by atoms with Gasteiger partial charge in [0.05, 0.1) is 13.0 Å². The number of para-hydroxylation sites is 1. The highest BCUT2D eigenvalue weighted by Gasteiger charge is 2.11. The summed E-state index contributed by atoms with van der Waals surface area (Å²) >= 11 is 0. The second-order valence-electron chi connectivity index (χ2n) is 6.39. The summed E-state index contributed by atoms with van der Waals surface area (Å²) in [4.78, 5) is 25.8. The van der Waals surface area contributed by atoms with Crippen molar-refractivity contribution in [1.82, 2.24) is 5.32 Å². The minimum Gasteiger partial charge on any atom is -0.376 e. The summed E-state index contributed by atoms with van der Waals surface area (Å²) in [6.07, 6.45) is 1.24. The summed E-state index contributed by atoms with van der Waals surface area (Å²) in [5, 5.41) is 6.01. The Morgan fingerprint density at radius 3 is 2.31 bits per heavy atom. The van der Waals surface area contributed by atoms with Crippen molar-refractivity contribution in [1.29, 1.82) is 0 Å². The molecule has 2 N–H and O–H groups in total. The fourth-order valence-electron chi connectivity index (χ4n) is 2.44. The summed E-state index contributed by atoms with van der Waals surface area (Å²) < 4.78 is 0. The number of hydrogen-bond acceptors (Lipinski definition) is 3. The zero-order valence-corrected chi connectivity index (χ0v) is 15.7. The van der Waals surface area contributed by atoms with E-state index in [0.29, 0.717) is 6.42 Å². The summed E-state index contributed by atoms with van der Waals surface area (Å²) in [6, 6.07) is 17.4. The first-order valence-corrected chi connectivity index (χ1v) is 8.93. The van der Waals surface area contributed by atoms with E-state index in [0.717, 1.165) is 23.4 Å². The van der Waals surface area contributed by atoms with Crippen LogP contribution < -0.4 is 15.5 Å². The Kier molecular flexibility index (Phi) is 7.21. The topological polar surface area (TPSA) is 61.4 Å². The monoisotopic (exact) mass is 353 g/mol. The SMILES string of the molecule is CCC(C)NC(=O)CNc1ccc(CC(=O)N(C)c2ccccc2)cc1. The van der Waals surface area contributed by atoms with E-state index < -0.39 is 0 Å². The van der Waals surface area contributed by atoms with Gasteiger partial charge in [-0.2, -0.15) is 0 Å². The third kappa shape index (κ3) is 5.92. The van der Waals surface area contributed by atoms with Crippen LogP contribution in [-0.4, -0.2) is 31.4 Å². The van der Waals surface area contributed by atoms with Gasteiger partial charge in [-0.25, -0.2) is 0 Å². The molecule has 0 saturated heterocycles. The second kappa shape index (κ2) is 9.61. The molecule has 5 nitrogen and oxygen atoms in total. The molecule has 0 aliphatic rings. The predicted octanol–water partition coefficient (Wildman–Crippen LogP) is 3.22. The molecule has 0 bridgehead atoms. The Hall–Kier alpha value is -2.82. The van der Waals surface area contributed by atoms with Crippen LogP contribution in [0.4, 0.5) is 11.4 Å². The zero-order valence-electron chi connectivity index (χ0n) is 15.7. The maximum Gasteiger partial charge on any atom is 0.239 e. The van der Waals surface area contributed by atoms with Crippen molar-refractivity contribution in [2.45, 2.75) is 32.7 Å². The molecule has 0 heterocycles. The standard InChI is InChI=1S/C21H27N3O2/c1-4-16(2)23-20(25)15-22-18-12-10-17(11-13-18)14-21(26)24(3)19-8-6-5-7-9-19/h5-13,16,22H,4,14-15H2,1-3H3,(H,23,25). The zero-order chi connectivity index (χ0) is 18.9. The van der Waals surface area contributed by atoms with Gasteiger partial charge < -0.3 is 15.5 Å². The maximum atomic E-state index is 12.4. The molecule has 5 heteroatoms. The normalized spacial score (nSPS) is 11.5. The Morgan fingerprint density at radius 1 is 1.04 bits per heavy atom. The summed E-state index contributed by atoms with van der Waals surface area (Å²) in [5.41, 5.74) is 2.67. The fourth-order valence-corrected chi connectivity index (χ4v) is 2.44. The van der Waals surface area contributed by atoms with E-state index in [-0.39, 0.29) is 24.4 Å². The number of likely N-dealkylation sites (N-methyl/N-ethyl adjacent to an activating group) is 1. The van der Waals surface area contributed by atoms with Crippen LogP contribution in [0.2, 0.25) is 0 Å². The lowest BCUT2D eigenvalue weighted by molar-refractivity contribution is -0.120. The van der Waals surface area contributed by atoms with Gasteiger partial charge in [-0.05, 0) is 43.2 Å². The molecular formula is C21H27N3O2. The number of nitrogens with one attached hydrogen (secondary N) is 2. The molecular weight excluding hydrogens is 326 g/mol. The van der Waals surface area contributed by atoms with E-state index in [1.165, 1.54) is 0 Å². The minimum absolute atomic E-state index is 0.0249. The molecule has 2 rings (SSSR count). The minimum atomic E-state index is -0.0249. The fraction of sp³-hybridized carbons (Fsp3) is 0.333. The summed E-state index contributed by atoms with van der Waals surface area (Å²) in [6.45, 7) is 4.25. The first kappa shape index (κ1) is 19.5. The Labute approximate surface area is 155 Å². The molecule has 26 heavy (non-hydrogen) atoms. The Balaban J connectivity index is 1.85. The largest absolute Gasteiger partial charge is 0.376 e. The molecule has 2 amide bonds. The quantitative estimate of drug-likeness (QED) is 0.766. The Morgan fingerprint density at radius 2 is 1.69 bits per heavy atom. The average molecular weight is 353 g/mol. The van der Waals surface area contributed by atoms with Crippen molar-refractivity contribution in [3.8, 4) is 0 Å². The van der Waals surface area contributed by atoms with Crippen molar-refractivity contribution >= 4 is 23.2 Å². The molecule has 0 radical (unpaired) electrons. The number of anilines is 2. The second-order valence-corrected chi connectivity index (χ2v) is 6.39. The number of rotatable bonds is 8. The number of amides is 2. The van der Waals surface area contributed by atoms with Gasteiger partial charge in [-0.3, -0.25) is 9.59 Å². The number of hydrogen-bond donors (Lipinski definition) is 2. The van der Waals surface area contributed by atoms with E-state index in [4.69, 9.17) is 0 Å². The Bertz CT molecular complexity index is 714. The molecule has 138 valence electrons. The van der Waals surface area contributed by atoms with Gasteiger partial charge in [0.2, 0.25) is 11.8 Å². The molecule has 2 aromatic rings. The van der Waals surface area contributed by atoms with Crippen molar-refractivity contribution in [3.05, 3.63) is 60.2 Å². The van der Waals surface area contributed by atoms with Gasteiger partial charge in [0.1, 0.15) is 0 Å². The van der Waals surface area contributed by atoms with Crippen LogP contribution in [0, 0.1) is 0 Å². The van der Waals surface area contributed by atoms with Gasteiger partial charge in [0.15, 0.2) is 0 Å². The molecule has 0 fully saturated rings. The first-order chi connectivity index (χ1) is 12.5. The first-order valence-electron chi connectivity index (χ1n) is 8.93. The smallest absolute Gasteiger partial charge is 0.239 e. The highest BCUT2D eigenvalue weighted by molar-refractivity contribution is 5.94. The van der Waals surface area contributed by atoms with Gasteiger partial charge in [-0.15, -0.1) is 0 Å². The summed E-state index contributed by atoms with van der Waals surface area (Å²) in [7, 11) is 1.78. The number of carbonyl (C=O) groups excluding carboxylic acids is 2. The maximum absolute atomic E-state index is 12.4. The lowest BCUT2D eigenvalue weighted by atomic mass is 10.1. The van der Waals surface area contributed by atoms with Crippen LogP contribution >= 0.6 is 0 Å². The molecule has 0 aromatic heterocycles. The number of benzene rings is 2. The third-order valence-electron chi connectivity index (χ3n) is 4.30. The van der Waals surface area contributed by atoms with E-state index in [2.05, 4.69) is 10.6 Å². The van der Waals surface area contributed by atoms with Crippen LogP contribution in [0.25, 0.3) is 0 Å². The highest BCUT2D eigenvalue weighted by atomic mass is 16.2. The van der Waals surface area contributed by atoms with Gasteiger partial charge in [-0.1, -0.05) is 37.3 Å². The lowest BCUT2D eigenvalue weighted by Gasteiger charge is -2.17. The van der Waals surface area contributed by atoms with E-state index in [1.807, 2.05) is 68.4 Å². The third-order valence-corrected chi connectivity index (χ3v) is 4.30. The molecule has 1 atom stereocenters. The van der Waals surface area contributed by atoms with E-state index in [9.17, 15) is 9.59 Å². The molecule has 2 aromatic carbocycles. The van der Waals surface area contributed by atoms with Gasteiger partial charge in [0.25, 0.3) is 0 Å². The van der Waals surface area contributed by atoms with Crippen LogP contribution in [0.5, 0.6) is 0 Å². The van der Waals surface area contributed by atoms with Crippen molar-refractivity contribution < 1.29 is 9.59 Å². The number of carbonyl (C=O) groups is 2. The van der Waals surface area contributed by atoms with Crippen molar-refractivity contribution in [2.75, 3.05) is 23.8 Å². The molecule has 0 aliphatic carbocycles. The van der Waals surface area contributed by atoms with Crippen LogP contribution in [0.15, 0.2) is 54.6 Å². The van der Waals surface area contributed by atoms with Crippen molar-refractivity contribution in [3.63, 3.8) is 0 Å². The molecule has 0 aliphatic heterocycles. The summed E-state index contributed by atoms with van der Waals surface area (Å²) in [5.74, 6) is 0.00734. The van der Waals surface area contributed by atoms with Gasteiger partial charge in [0, 0.05) is 24.5 Å². The van der Waals surface area contributed by atoms with Crippen LogP contribution in [-0.2, 0) is 16.0 Å². The van der Waals surface area contributed by atoms with Gasteiger partial charge >= 0.3 is 0 Å². The van der Waals surface area contributed by atoms with Crippen molar-refractivity contribution in [2.24, 2.45) is 0 Å². The van der Waals surface area contributed by atoms with E-state index in [1.54, 1.807) is 11.9 Å². The molecule has 0 spiro atoms. The predicted molar refractivity (Wildman–Crippen MR) is 106 cm³/mol. The molecule has 0 saturated carbocycles. The lowest BCUT2D eigenvalue weighted by Crippen LogP contribution is -2.36. The van der Waals surface area contributed by atoms with Crippen LogP contribution in [0.1, 0.15) is 25.8 Å². The molecule has 1 unspecified atom stereocenters. The number of nitrogens with zero attached hydrogens (tertiary/aromatic N) is 1. The highest BCUT2D eigenvalue weighted by Crippen LogP contribution is 2.14.